The summed E-state index contributed by atoms with van der Waals surface area (Å²) in [5.41, 5.74) is 7.39. The number of nitrogens with one attached hydrogen (secondary N) is 3. The van der Waals surface area contributed by atoms with Crippen LogP contribution in [0.3, 0.4) is 0 Å². The topological polar surface area (TPSA) is 117 Å². The van der Waals surface area contributed by atoms with E-state index >= 15 is 0 Å². The number of hydrogen-bond donors (Lipinski definition) is 4. The van der Waals surface area contributed by atoms with Gasteiger partial charge < -0.3 is 21.0 Å². The quantitative estimate of drug-likeness (QED) is 0.557. The van der Waals surface area contributed by atoms with Crippen LogP contribution in [0.4, 0.5) is 11.5 Å². The first-order chi connectivity index (χ1) is 9.61. The molecule has 1 aromatic carbocycles. The van der Waals surface area contributed by atoms with E-state index in [9.17, 15) is 9.59 Å². The lowest BCUT2D eigenvalue weighted by molar-refractivity contribution is 0.102. The van der Waals surface area contributed by atoms with Gasteiger partial charge in [0.05, 0.1) is 22.9 Å². The van der Waals surface area contributed by atoms with Gasteiger partial charge in [-0.3, -0.25) is 4.79 Å². The molecule has 7 heteroatoms. The summed E-state index contributed by atoms with van der Waals surface area (Å²) in [6, 6.07) is 8.15. The number of pyridine rings is 1. The number of aromatic amines is 2. The summed E-state index contributed by atoms with van der Waals surface area (Å²) in [6.45, 7) is 0. The van der Waals surface area contributed by atoms with Crippen molar-refractivity contribution >= 4 is 28.4 Å². The normalized spacial score (nSPS) is 10.6. The van der Waals surface area contributed by atoms with Crippen molar-refractivity contribution in [3.8, 4) is 0 Å². The smallest absolute Gasteiger partial charge is 0.323 e. The Morgan fingerprint density at radius 2 is 1.95 bits per heavy atom. The number of nitrogens with zero attached hydrogens (tertiary/aromatic N) is 1. The van der Waals surface area contributed by atoms with Crippen LogP contribution in [-0.2, 0) is 0 Å². The first-order valence-electron chi connectivity index (χ1n) is 5.87. The average molecular weight is 269 g/mol. The third kappa shape index (κ3) is 2.24. The molecule has 5 N–H and O–H groups in total. The number of carbonyl (C=O) groups excluding carboxylic acids is 1. The molecule has 0 saturated heterocycles. The molecule has 20 heavy (non-hydrogen) atoms. The van der Waals surface area contributed by atoms with Crippen LogP contribution in [-0.4, -0.2) is 20.9 Å². The van der Waals surface area contributed by atoms with Crippen LogP contribution in [0.5, 0.6) is 0 Å². The number of anilines is 2. The van der Waals surface area contributed by atoms with E-state index in [2.05, 4.69) is 20.3 Å². The van der Waals surface area contributed by atoms with Gasteiger partial charge in [0.15, 0.2) is 0 Å². The third-order valence-corrected chi connectivity index (χ3v) is 2.81. The molecule has 0 unspecified atom stereocenters. The SMILES string of the molecule is Nc1ccc(NC(=O)c2ccc3[nH]c(=O)[nH]c3c2)nc1. The Labute approximate surface area is 112 Å². The second-order valence-corrected chi connectivity index (χ2v) is 4.27. The maximum Gasteiger partial charge on any atom is 0.323 e. The summed E-state index contributed by atoms with van der Waals surface area (Å²) in [5.74, 6) is 0.0954. The van der Waals surface area contributed by atoms with Crippen LogP contribution in [0.15, 0.2) is 41.3 Å². The molecule has 0 atom stereocenters. The second-order valence-electron chi connectivity index (χ2n) is 4.27. The third-order valence-electron chi connectivity index (χ3n) is 2.81. The second kappa shape index (κ2) is 4.54. The highest BCUT2D eigenvalue weighted by Crippen LogP contribution is 2.12. The Bertz CT molecular complexity index is 832. The molecule has 2 heterocycles. The summed E-state index contributed by atoms with van der Waals surface area (Å²) in [5, 5.41) is 2.65. The summed E-state index contributed by atoms with van der Waals surface area (Å²) >= 11 is 0. The van der Waals surface area contributed by atoms with Gasteiger partial charge in [0.1, 0.15) is 5.82 Å². The average Bonchev–Trinajstić information content (AvgIpc) is 2.80. The Morgan fingerprint density at radius 3 is 2.70 bits per heavy atom. The van der Waals surface area contributed by atoms with Crippen LogP contribution in [0.1, 0.15) is 10.4 Å². The molecule has 7 nitrogen and oxygen atoms in total. The van der Waals surface area contributed by atoms with E-state index in [0.717, 1.165) is 0 Å². The van der Waals surface area contributed by atoms with E-state index in [4.69, 9.17) is 5.73 Å². The molecule has 2 aromatic heterocycles. The minimum Gasteiger partial charge on any atom is -0.397 e. The van der Waals surface area contributed by atoms with Crippen LogP contribution < -0.4 is 16.7 Å². The zero-order valence-corrected chi connectivity index (χ0v) is 10.3. The van der Waals surface area contributed by atoms with Gasteiger partial charge in [-0.1, -0.05) is 0 Å². The Balaban J connectivity index is 1.88. The first-order valence-corrected chi connectivity index (χ1v) is 5.87. The van der Waals surface area contributed by atoms with Crippen molar-refractivity contribution in [2.45, 2.75) is 0 Å². The van der Waals surface area contributed by atoms with E-state index in [0.29, 0.717) is 28.1 Å². The minimum atomic E-state index is -0.314. The van der Waals surface area contributed by atoms with Gasteiger partial charge in [-0.15, -0.1) is 0 Å². The Morgan fingerprint density at radius 1 is 1.15 bits per heavy atom. The molecule has 0 aliphatic heterocycles. The highest BCUT2D eigenvalue weighted by Gasteiger charge is 2.08. The van der Waals surface area contributed by atoms with Crippen molar-refractivity contribution in [2.75, 3.05) is 11.1 Å². The molecule has 0 radical (unpaired) electrons. The Kier molecular flexibility index (Phi) is 2.72. The van der Waals surface area contributed by atoms with Crippen molar-refractivity contribution in [1.82, 2.24) is 15.0 Å². The lowest BCUT2D eigenvalue weighted by Crippen LogP contribution is -2.12. The van der Waals surface area contributed by atoms with Gasteiger partial charge in [-0.25, -0.2) is 9.78 Å². The van der Waals surface area contributed by atoms with Crippen molar-refractivity contribution in [1.29, 1.82) is 0 Å². The van der Waals surface area contributed by atoms with E-state index in [1.54, 1.807) is 30.3 Å². The number of fused-ring (bicyclic) bond motifs is 1. The lowest BCUT2D eigenvalue weighted by atomic mass is 10.2. The van der Waals surface area contributed by atoms with E-state index in [-0.39, 0.29) is 11.6 Å². The molecule has 0 fully saturated rings. The molecule has 100 valence electrons. The molecule has 3 rings (SSSR count). The summed E-state index contributed by atoms with van der Waals surface area (Å²) in [4.78, 5) is 32.4. The summed E-state index contributed by atoms with van der Waals surface area (Å²) < 4.78 is 0. The molecular formula is C13H11N5O2. The number of rotatable bonds is 2. The molecule has 1 amide bonds. The van der Waals surface area contributed by atoms with Crippen molar-refractivity contribution in [2.24, 2.45) is 0 Å². The van der Waals surface area contributed by atoms with Crippen molar-refractivity contribution in [3.63, 3.8) is 0 Å². The fraction of sp³-hybridized carbons (Fsp3) is 0. The first kappa shape index (κ1) is 12.0. The van der Waals surface area contributed by atoms with Crippen molar-refractivity contribution < 1.29 is 4.79 Å². The number of hydrogen-bond acceptors (Lipinski definition) is 4. The minimum absolute atomic E-state index is 0.308. The zero-order valence-electron chi connectivity index (χ0n) is 10.3. The fourth-order valence-electron chi connectivity index (χ4n) is 1.84. The fourth-order valence-corrected chi connectivity index (χ4v) is 1.84. The van der Waals surface area contributed by atoms with E-state index in [1.807, 2.05) is 0 Å². The number of nitrogens with two attached hydrogens (primary N) is 1. The van der Waals surface area contributed by atoms with Crippen molar-refractivity contribution in [3.05, 3.63) is 52.6 Å². The number of carbonyl (C=O) groups is 1. The van der Waals surface area contributed by atoms with Crippen LogP contribution in [0.2, 0.25) is 0 Å². The maximum atomic E-state index is 12.1. The van der Waals surface area contributed by atoms with E-state index < -0.39 is 0 Å². The lowest BCUT2D eigenvalue weighted by Gasteiger charge is -2.04. The largest absolute Gasteiger partial charge is 0.397 e. The number of aromatic nitrogens is 3. The maximum absolute atomic E-state index is 12.1. The van der Waals surface area contributed by atoms with Gasteiger partial charge in [0.25, 0.3) is 5.91 Å². The van der Waals surface area contributed by atoms with Gasteiger partial charge in [-0.05, 0) is 30.3 Å². The van der Waals surface area contributed by atoms with Crippen LogP contribution in [0, 0.1) is 0 Å². The number of nitrogen functional groups attached to an aromatic ring is 1. The highest BCUT2D eigenvalue weighted by atomic mass is 16.2. The summed E-state index contributed by atoms with van der Waals surface area (Å²) in [6.07, 6.45) is 1.46. The summed E-state index contributed by atoms with van der Waals surface area (Å²) in [7, 11) is 0. The van der Waals surface area contributed by atoms with Gasteiger partial charge in [0.2, 0.25) is 0 Å². The highest BCUT2D eigenvalue weighted by molar-refractivity contribution is 6.05. The molecule has 0 spiro atoms. The number of imidazole rings is 1. The van der Waals surface area contributed by atoms with E-state index in [1.165, 1.54) is 6.20 Å². The Hall–Kier alpha value is -3.09. The van der Waals surface area contributed by atoms with Gasteiger partial charge >= 0.3 is 5.69 Å². The van der Waals surface area contributed by atoms with Gasteiger partial charge in [0, 0.05) is 5.56 Å². The predicted molar refractivity (Wildman–Crippen MR) is 75.5 cm³/mol. The molecule has 0 aliphatic carbocycles. The number of benzene rings is 1. The standard InChI is InChI=1S/C13H11N5O2/c14-8-2-4-11(15-6-8)18-12(19)7-1-3-9-10(5-7)17-13(20)16-9/h1-6H,14H2,(H,15,18,19)(H2,16,17,20). The number of amides is 1. The molecule has 0 aliphatic rings. The molecule has 0 bridgehead atoms. The predicted octanol–water partition coefficient (Wildman–Crippen LogP) is 1.09. The van der Waals surface area contributed by atoms with Crippen LogP contribution >= 0.6 is 0 Å². The van der Waals surface area contributed by atoms with Gasteiger partial charge in [-0.2, -0.15) is 0 Å². The monoisotopic (exact) mass is 269 g/mol. The molecular weight excluding hydrogens is 258 g/mol. The number of H-pyrrole nitrogens is 2. The molecule has 0 saturated carbocycles. The molecule has 3 aromatic rings. The zero-order chi connectivity index (χ0) is 14.1. The van der Waals surface area contributed by atoms with Crippen LogP contribution in [0.25, 0.3) is 11.0 Å².